The summed E-state index contributed by atoms with van der Waals surface area (Å²) in [6.45, 7) is 5.69. The average molecular weight is 347 g/mol. The monoisotopic (exact) mass is 346 g/mol. The molecule has 1 aromatic rings. The summed E-state index contributed by atoms with van der Waals surface area (Å²) in [6, 6.07) is 4.71. The van der Waals surface area contributed by atoms with E-state index in [0.29, 0.717) is 22.2 Å². The lowest BCUT2D eigenvalue weighted by molar-refractivity contribution is 0.212. The molecule has 0 aliphatic carbocycles. The van der Waals surface area contributed by atoms with Crippen molar-refractivity contribution >= 4 is 34.1 Å². The van der Waals surface area contributed by atoms with Crippen molar-refractivity contribution in [2.24, 2.45) is 0 Å². The zero-order valence-electron chi connectivity index (χ0n) is 13.6. The summed E-state index contributed by atoms with van der Waals surface area (Å²) in [5.74, 6) is 1.02. The normalized spacial score (nSPS) is 13.6. The molecule has 0 aromatic heterocycles. The first kappa shape index (κ1) is 18.8. The number of benzene rings is 1. The van der Waals surface area contributed by atoms with Crippen molar-refractivity contribution in [2.45, 2.75) is 32.9 Å². The second-order valence-electron chi connectivity index (χ2n) is 5.44. The van der Waals surface area contributed by atoms with E-state index in [4.69, 9.17) is 16.3 Å². The van der Waals surface area contributed by atoms with Crippen molar-refractivity contribution in [2.75, 3.05) is 24.4 Å². The zero-order valence-corrected chi connectivity index (χ0v) is 15.1. The molecule has 0 aliphatic heterocycles. The van der Waals surface area contributed by atoms with Gasteiger partial charge in [0, 0.05) is 41.6 Å². The number of nitrogens with zero attached hydrogens (tertiary/aromatic N) is 1. The van der Waals surface area contributed by atoms with Crippen LogP contribution in [0, 0.1) is 0 Å². The first-order valence-electron chi connectivity index (χ1n) is 7.00. The van der Waals surface area contributed by atoms with E-state index in [1.54, 1.807) is 31.5 Å². The Morgan fingerprint density at radius 3 is 2.55 bits per heavy atom. The third-order valence-corrected chi connectivity index (χ3v) is 4.25. The number of anilines is 1. The first-order chi connectivity index (χ1) is 10.2. The molecule has 2 atom stereocenters. The number of halogens is 1. The van der Waals surface area contributed by atoms with Gasteiger partial charge in [-0.3, -0.25) is 4.21 Å². The van der Waals surface area contributed by atoms with Crippen LogP contribution < -0.4 is 10.1 Å². The number of hydrogen-bond acceptors (Lipinski definition) is 3. The molecule has 0 unspecified atom stereocenters. The second kappa shape index (κ2) is 8.39. The van der Waals surface area contributed by atoms with Crippen LogP contribution in [0.25, 0.3) is 0 Å². The topological polar surface area (TPSA) is 58.6 Å². The summed E-state index contributed by atoms with van der Waals surface area (Å²) in [6.07, 6.45) is 1.65. The quantitative estimate of drug-likeness (QED) is 0.859. The lowest BCUT2D eigenvalue weighted by Crippen LogP contribution is -2.40. The molecular weight excluding hydrogens is 324 g/mol. The molecule has 7 heteroatoms. The van der Waals surface area contributed by atoms with E-state index < -0.39 is 10.8 Å². The fraction of sp³-hybridized carbons (Fsp3) is 0.533. The maximum absolute atomic E-state index is 12.2. The highest BCUT2D eigenvalue weighted by Gasteiger charge is 2.17. The van der Waals surface area contributed by atoms with Crippen molar-refractivity contribution in [3.63, 3.8) is 0 Å². The lowest BCUT2D eigenvalue weighted by Gasteiger charge is -2.24. The molecule has 0 bridgehead atoms. The van der Waals surface area contributed by atoms with Crippen LogP contribution in [0.4, 0.5) is 10.5 Å². The maximum atomic E-state index is 12.2. The minimum absolute atomic E-state index is 0.0276. The Hall–Kier alpha value is -1.27. The minimum Gasteiger partial charge on any atom is -0.489 e. The van der Waals surface area contributed by atoms with E-state index in [1.807, 2.05) is 20.8 Å². The third kappa shape index (κ3) is 5.85. The van der Waals surface area contributed by atoms with Crippen LogP contribution in [0.15, 0.2) is 18.2 Å². The molecule has 0 saturated carbocycles. The summed E-state index contributed by atoms with van der Waals surface area (Å²) < 4.78 is 16.8. The highest BCUT2D eigenvalue weighted by Crippen LogP contribution is 2.28. The van der Waals surface area contributed by atoms with Gasteiger partial charge in [-0.05, 0) is 39.0 Å². The lowest BCUT2D eigenvalue weighted by atomic mass is 10.3. The second-order valence-corrected chi connectivity index (χ2v) is 7.33. The zero-order chi connectivity index (χ0) is 16.9. The molecule has 1 rings (SSSR count). The number of nitrogens with one attached hydrogen (secondary N) is 1. The molecule has 1 aromatic carbocycles. The predicted octanol–water partition coefficient (Wildman–Crippen LogP) is 3.36. The summed E-state index contributed by atoms with van der Waals surface area (Å²) >= 11 is 6.14. The van der Waals surface area contributed by atoms with Gasteiger partial charge in [-0.25, -0.2) is 4.79 Å². The highest BCUT2D eigenvalue weighted by atomic mass is 35.5. The largest absolute Gasteiger partial charge is 0.489 e. The number of ether oxygens (including phenoxy) is 1. The minimum atomic E-state index is -0.951. The molecule has 0 heterocycles. The van der Waals surface area contributed by atoms with Gasteiger partial charge in [0.15, 0.2) is 0 Å². The van der Waals surface area contributed by atoms with E-state index in [0.717, 1.165) is 0 Å². The Bertz CT molecular complexity index is 552. The van der Waals surface area contributed by atoms with Gasteiger partial charge in [0.1, 0.15) is 5.75 Å². The van der Waals surface area contributed by atoms with Gasteiger partial charge in [0.05, 0.1) is 11.1 Å². The standard InChI is InChI=1S/C15H23ClN2O3S/c1-10(2)21-14-7-6-12(8-13(14)16)17-15(19)18(4)11(3)9-22(5)20/h6-8,10-11H,9H2,1-5H3,(H,17,19)/t11-,22+/m0/s1. The summed E-state index contributed by atoms with van der Waals surface area (Å²) in [5.41, 5.74) is 0.586. The number of carbonyl (C=O) groups is 1. The Balaban J connectivity index is 2.72. The molecule has 0 aliphatic rings. The fourth-order valence-electron chi connectivity index (χ4n) is 1.79. The van der Waals surface area contributed by atoms with Crippen LogP contribution in [0.1, 0.15) is 20.8 Å². The SMILES string of the molecule is CC(C)Oc1ccc(NC(=O)N(C)[C@@H](C)C[S@@](C)=O)cc1Cl. The number of rotatable bonds is 6. The van der Waals surface area contributed by atoms with E-state index in [9.17, 15) is 9.00 Å². The van der Waals surface area contributed by atoms with E-state index in [-0.39, 0.29) is 18.2 Å². The Labute approximate surface area is 139 Å². The van der Waals surface area contributed by atoms with E-state index >= 15 is 0 Å². The van der Waals surface area contributed by atoms with Crippen LogP contribution in [0.2, 0.25) is 5.02 Å². The van der Waals surface area contributed by atoms with Gasteiger partial charge in [0.2, 0.25) is 0 Å². The summed E-state index contributed by atoms with van der Waals surface area (Å²) in [5, 5.41) is 3.21. The summed E-state index contributed by atoms with van der Waals surface area (Å²) in [7, 11) is 0.720. The molecule has 22 heavy (non-hydrogen) atoms. The van der Waals surface area contributed by atoms with Crippen molar-refractivity contribution in [1.29, 1.82) is 0 Å². The maximum Gasteiger partial charge on any atom is 0.321 e. The molecule has 124 valence electrons. The van der Waals surface area contributed by atoms with Crippen molar-refractivity contribution in [3.8, 4) is 5.75 Å². The van der Waals surface area contributed by atoms with Gasteiger partial charge in [-0.15, -0.1) is 0 Å². The first-order valence-corrected chi connectivity index (χ1v) is 9.11. The van der Waals surface area contributed by atoms with E-state index in [2.05, 4.69) is 5.32 Å². The molecule has 1 N–H and O–H groups in total. The van der Waals surface area contributed by atoms with E-state index in [1.165, 1.54) is 4.90 Å². The smallest absolute Gasteiger partial charge is 0.321 e. The number of hydrogen-bond donors (Lipinski definition) is 1. The summed E-state index contributed by atoms with van der Waals surface area (Å²) in [4.78, 5) is 13.7. The Kier molecular flexibility index (Phi) is 7.16. The van der Waals surface area contributed by atoms with Gasteiger partial charge in [-0.1, -0.05) is 11.6 Å². The van der Waals surface area contributed by atoms with Crippen molar-refractivity contribution in [3.05, 3.63) is 23.2 Å². The van der Waals surface area contributed by atoms with Gasteiger partial charge >= 0.3 is 6.03 Å². The highest BCUT2D eigenvalue weighted by molar-refractivity contribution is 7.84. The predicted molar refractivity (Wildman–Crippen MR) is 92.4 cm³/mol. The number of amides is 2. The molecule has 0 spiro atoms. The van der Waals surface area contributed by atoms with Gasteiger partial charge in [-0.2, -0.15) is 0 Å². The van der Waals surface area contributed by atoms with Crippen LogP contribution >= 0.6 is 11.6 Å². The Morgan fingerprint density at radius 2 is 2.05 bits per heavy atom. The molecule has 5 nitrogen and oxygen atoms in total. The van der Waals surface area contributed by atoms with Crippen molar-refractivity contribution in [1.82, 2.24) is 4.90 Å². The molecule has 0 saturated heterocycles. The van der Waals surface area contributed by atoms with Gasteiger partial charge in [0.25, 0.3) is 0 Å². The van der Waals surface area contributed by atoms with Crippen LogP contribution in [-0.4, -0.2) is 46.3 Å². The Morgan fingerprint density at radius 1 is 1.41 bits per heavy atom. The third-order valence-electron chi connectivity index (χ3n) is 3.00. The fourth-order valence-corrected chi connectivity index (χ4v) is 2.92. The van der Waals surface area contributed by atoms with Crippen LogP contribution in [-0.2, 0) is 10.8 Å². The van der Waals surface area contributed by atoms with Crippen molar-refractivity contribution < 1.29 is 13.7 Å². The molecule has 0 radical (unpaired) electrons. The molecule has 0 fully saturated rings. The molecular formula is C15H23ClN2O3S. The van der Waals surface area contributed by atoms with Crippen LogP contribution in [0.3, 0.4) is 0 Å². The van der Waals surface area contributed by atoms with Gasteiger partial charge < -0.3 is 15.0 Å². The number of carbonyl (C=O) groups excluding carboxylic acids is 1. The molecule has 2 amide bonds. The number of urea groups is 1. The van der Waals surface area contributed by atoms with Crippen LogP contribution in [0.5, 0.6) is 5.75 Å². The average Bonchev–Trinajstić information content (AvgIpc) is 2.39.